The molecule has 0 bridgehead atoms. The van der Waals surface area contributed by atoms with E-state index in [1.807, 2.05) is 72.8 Å². The second-order valence-electron chi connectivity index (χ2n) is 13.9. The fourth-order valence-corrected chi connectivity index (χ4v) is 10.0. The maximum atomic E-state index is 7.45. The molecule has 7 aromatic carbocycles. The summed E-state index contributed by atoms with van der Waals surface area (Å²) < 4.78 is 4.52. The smallest absolute Gasteiger partial charge is 0.187 e. The summed E-state index contributed by atoms with van der Waals surface area (Å²) in [5.74, 6) is 2.49. The highest BCUT2D eigenvalue weighted by Gasteiger charge is 2.21. The van der Waals surface area contributed by atoms with E-state index < -0.39 is 0 Å². The normalized spacial score (nSPS) is 11.4. The van der Waals surface area contributed by atoms with Gasteiger partial charge in [-0.05, 0) is 35.4 Å². The zero-order valence-electron chi connectivity index (χ0n) is 30.7. The van der Waals surface area contributed by atoms with Gasteiger partial charge in [0, 0.05) is 58.1 Å². The highest BCUT2D eigenvalue weighted by atomic mass is 32.1. The lowest BCUT2D eigenvalue weighted by Crippen LogP contribution is -2.00. The van der Waals surface area contributed by atoms with Crippen LogP contribution in [0, 0.1) is 6.57 Å². The Kier molecular flexibility index (Phi) is 8.14. The number of aromatic nitrogens is 5. The predicted molar refractivity (Wildman–Crippen MR) is 240 cm³/mol. The first kappa shape index (κ1) is 33.9. The molecule has 58 heavy (non-hydrogen) atoms. The molecule has 0 aliphatic rings. The molecule has 0 spiro atoms. The first-order valence-corrected chi connectivity index (χ1v) is 20.4. The van der Waals surface area contributed by atoms with Crippen LogP contribution in [0.2, 0.25) is 0 Å². The Morgan fingerprint density at radius 3 is 1.76 bits per heavy atom. The summed E-state index contributed by atoms with van der Waals surface area (Å²) in [6.07, 6.45) is 0. The van der Waals surface area contributed by atoms with Crippen molar-refractivity contribution < 1.29 is 0 Å². The van der Waals surface area contributed by atoms with Gasteiger partial charge in [-0.25, -0.2) is 29.8 Å². The van der Waals surface area contributed by atoms with Crippen molar-refractivity contribution in [1.29, 1.82) is 0 Å². The van der Waals surface area contributed by atoms with Gasteiger partial charge in [-0.1, -0.05) is 146 Å². The molecule has 0 atom stereocenters. The van der Waals surface area contributed by atoms with Crippen LogP contribution in [-0.4, -0.2) is 24.9 Å². The maximum Gasteiger partial charge on any atom is 0.187 e. The standard InChI is InChI=1S/C50H28N6S2/c1-51-35-18-10-17-34(29-35)30-25-27-33(28-26-30)48-54-47(32-15-6-3-7-16-32)55-49(56-48)38-21-12-24-41-42(38)37-20-11-22-39(45(37)58-41)50-52-43(31-13-4-2-5-14-31)46-44(53-50)36-19-8-9-23-40(36)57-46/h2-29H. The number of hydrogen-bond donors (Lipinski definition) is 0. The summed E-state index contributed by atoms with van der Waals surface area (Å²) >= 11 is 3.48. The van der Waals surface area contributed by atoms with Gasteiger partial charge >= 0.3 is 0 Å². The second kappa shape index (κ2) is 13.9. The average molecular weight is 777 g/mol. The summed E-state index contributed by atoms with van der Waals surface area (Å²) in [5, 5.41) is 3.32. The highest BCUT2D eigenvalue weighted by molar-refractivity contribution is 7.26. The molecule has 270 valence electrons. The van der Waals surface area contributed by atoms with Crippen molar-refractivity contribution in [3.8, 4) is 67.9 Å². The first-order chi connectivity index (χ1) is 28.7. The van der Waals surface area contributed by atoms with Gasteiger partial charge in [-0.15, -0.1) is 22.7 Å². The molecule has 0 amide bonds. The molecule has 0 saturated carbocycles. The number of thiophene rings is 2. The van der Waals surface area contributed by atoms with Crippen molar-refractivity contribution in [2.75, 3.05) is 0 Å². The third kappa shape index (κ3) is 5.80. The quantitative estimate of drug-likeness (QED) is 0.157. The molecule has 11 aromatic rings. The van der Waals surface area contributed by atoms with Gasteiger partial charge in [0.05, 0.1) is 22.5 Å². The Balaban J connectivity index is 1.09. The van der Waals surface area contributed by atoms with Crippen LogP contribution in [0.15, 0.2) is 170 Å². The minimum atomic E-state index is 0.584. The van der Waals surface area contributed by atoms with E-state index in [1.165, 1.54) is 4.70 Å². The van der Waals surface area contributed by atoms with Gasteiger partial charge in [0.25, 0.3) is 0 Å². The van der Waals surface area contributed by atoms with Crippen LogP contribution in [0.5, 0.6) is 0 Å². The van der Waals surface area contributed by atoms with Crippen LogP contribution in [0.4, 0.5) is 5.69 Å². The molecule has 0 aliphatic carbocycles. The van der Waals surface area contributed by atoms with E-state index in [0.717, 1.165) is 80.4 Å². The third-order valence-corrected chi connectivity index (χ3v) is 12.8. The van der Waals surface area contributed by atoms with E-state index in [4.69, 9.17) is 31.5 Å². The first-order valence-electron chi connectivity index (χ1n) is 18.8. The molecular weight excluding hydrogens is 749 g/mol. The third-order valence-electron chi connectivity index (χ3n) is 10.4. The Morgan fingerprint density at radius 2 is 0.966 bits per heavy atom. The number of fused-ring (bicyclic) bond motifs is 6. The van der Waals surface area contributed by atoms with Crippen molar-refractivity contribution in [2.24, 2.45) is 0 Å². The lowest BCUT2D eigenvalue weighted by molar-refractivity contribution is 1.08. The van der Waals surface area contributed by atoms with Crippen LogP contribution in [-0.2, 0) is 0 Å². The lowest BCUT2D eigenvalue weighted by atomic mass is 10.0. The SMILES string of the molecule is [C-]#[N+]c1cccc(-c2ccc(-c3nc(-c4ccccc4)nc(-c4cccc5sc6c(-c7nc(-c8ccccc8)c8sc9ccccc9c8n7)cccc6c45)n3)cc2)c1. The number of rotatable bonds is 6. The molecule has 0 radical (unpaired) electrons. The second-order valence-corrected chi connectivity index (χ2v) is 16.0. The number of benzene rings is 7. The van der Waals surface area contributed by atoms with E-state index in [1.54, 1.807) is 22.7 Å². The molecule has 8 heteroatoms. The van der Waals surface area contributed by atoms with Crippen LogP contribution < -0.4 is 0 Å². The van der Waals surface area contributed by atoms with E-state index in [-0.39, 0.29) is 0 Å². The van der Waals surface area contributed by atoms with Gasteiger partial charge in [0.2, 0.25) is 0 Å². The predicted octanol–water partition coefficient (Wildman–Crippen LogP) is 14.0. The Bertz CT molecular complexity index is 3400. The monoisotopic (exact) mass is 776 g/mol. The Hall–Kier alpha value is -7.44. The molecule has 0 unspecified atom stereocenters. The Morgan fingerprint density at radius 1 is 0.397 bits per heavy atom. The fraction of sp³-hybridized carbons (Fsp3) is 0. The lowest BCUT2D eigenvalue weighted by Gasteiger charge is -2.10. The molecule has 4 aromatic heterocycles. The molecule has 6 nitrogen and oxygen atoms in total. The van der Waals surface area contributed by atoms with Crippen molar-refractivity contribution >= 4 is 68.8 Å². The minimum Gasteiger partial charge on any atom is -0.238 e. The molecule has 11 rings (SSSR count). The summed E-state index contributed by atoms with van der Waals surface area (Å²) in [6, 6.07) is 57.6. The van der Waals surface area contributed by atoms with Gasteiger partial charge < -0.3 is 0 Å². The average Bonchev–Trinajstić information content (AvgIpc) is 3.88. The Labute approximate surface area is 341 Å². The van der Waals surface area contributed by atoms with Crippen LogP contribution >= 0.6 is 22.7 Å². The van der Waals surface area contributed by atoms with E-state index in [0.29, 0.717) is 29.0 Å². The van der Waals surface area contributed by atoms with Gasteiger partial charge in [0.15, 0.2) is 29.0 Å². The van der Waals surface area contributed by atoms with Crippen LogP contribution in [0.1, 0.15) is 0 Å². The summed E-state index contributed by atoms with van der Waals surface area (Å²) in [6.45, 7) is 7.45. The minimum absolute atomic E-state index is 0.584. The van der Waals surface area contributed by atoms with Crippen molar-refractivity contribution in [2.45, 2.75) is 0 Å². The van der Waals surface area contributed by atoms with Crippen molar-refractivity contribution in [3.63, 3.8) is 0 Å². The summed E-state index contributed by atoms with van der Waals surface area (Å²) in [7, 11) is 0. The zero-order valence-corrected chi connectivity index (χ0v) is 32.3. The fourth-order valence-electron chi connectivity index (χ4n) is 7.62. The molecular formula is C50H28N6S2. The molecule has 0 aliphatic heterocycles. The van der Waals surface area contributed by atoms with Crippen molar-refractivity contribution in [3.05, 3.63) is 181 Å². The van der Waals surface area contributed by atoms with E-state index in [9.17, 15) is 0 Å². The molecule has 0 saturated heterocycles. The van der Waals surface area contributed by atoms with Gasteiger partial charge in [-0.3, -0.25) is 0 Å². The summed E-state index contributed by atoms with van der Waals surface area (Å²) in [4.78, 5) is 29.5. The molecule has 0 fully saturated rings. The van der Waals surface area contributed by atoms with Gasteiger partial charge in [-0.2, -0.15) is 0 Å². The van der Waals surface area contributed by atoms with Crippen LogP contribution in [0.3, 0.4) is 0 Å². The highest BCUT2D eigenvalue weighted by Crippen LogP contribution is 2.45. The maximum absolute atomic E-state index is 7.45. The summed E-state index contributed by atoms with van der Waals surface area (Å²) in [5.41, 5.74) is 9.30. The zero-order chi connectivity index (χ0) is 38.6. The topological polar surface area (TPSA) is 68.8 Å². The van der Waals surface area contributed by atoms with Crippen molar-refractivity contribution in [1.82, 2.24) is 24.9 Å². The van der Waals surface area contributed by atoms with E-state index in [2.05, 4.69) is 102 Å². The number of hydrogen-bond acceptors (Lipinski definition) is 7. The van der Waals surface area contributed by atoms with Crippen LogP contribution in [0.25, 0.3) is 113 Å². The number of nitrogens with zero attached hydrogens (tertiary/aromatic N) is 6. The largest absolute Gasteiger partial charge is 0.238 e. The molecule has 0 N–H and O–H groups in total. The van der Waals surface area contributed by atoms with Gasteiger partial charge in [0.1, 0.15) is 0 Å². The molecule has 4 heterocycles. The van der Waals surface area contributed by atoms with E-state index >= 15 is 0 Å².